The maximum atomic E-state index is 13.3. The third kappa shape index (κ3) is 1.89. The van der Waals surface area contributed by atoms with E-state index >= 15 is 0 Å². The molecule has 0 unspecified atom stereocenters. The molecule has 0 bridgehead atoms. The molecule has 1 aromatic carbocycles. The van der Waals surface area contributed by atoms with Crippen LogP contribution in [0.15, 0.2) is 23.2 Å². The molecular weight excluding hydrogens is 205 g/mol. The summed E-state index contributed by atoms with van der Waals surface area (Å²) in [6.45, 7) is 0.968. The van der Waals surface area contributed by atoms with E-state index in [1.54, 1.807) is 12.1 Å². The Bertz CT molecular complexity index is 474. The number of aliphatic imine (C=N–C) groups is 1. The molecule has 3 nitrogen and oxygen atoms in total. The van der Waals surface area contributed by atoms with Gasteiger partial charge in [0.15, 0.2) is 0 Å². The first-order valence-electron chi connectivity index (χ1n) is 5.19. The van der Waals surface area contributed by atoms with Crippen molar-refractivity contribution in [2.75, 3.05) is 13.6 Å². The fourth-order valence-corrected chi connectivity index (χ4v) is 1.79. The van der Waals surface area contributed by atoms with Crippen molar-refractivity contribution in [3.63, 3.8) is 0 Å². The summed E-state index contributed by atoms with van der Waals surface area (Å²) >= 11 is 0. The number of nitrogens with zero attached hydrogens (tertiary/aromatic N) is 3. The van der Waals surface area contributed by atoms with Crippen LogP contribution in [0.1, 0.15) is 18.4 Å². The Hall–Kier alpha value is -1.89. The Morgan fingerprint density at radius 1 is 1.50 bits per heavy atom. The minimum absolute atomic E-state index is 0.0234. The van der Waals surface area contributed by atoms with Crippen LogP contribution in [0.5, 0.6) is 0 Å². The van der Waals surface area contributed by atoms with Gasteiger partial charge in [-0.05, 0) is 18.6 Å². The van der Waals surface area contributed by atoms with Crippen LogP contribution in [0.4, 0.5) is 10.1 Å². The lowest BCUT2D eigenvalue weighted by Crippen LogP contribution is -2.18. The van der Waals surface area contributed by atoms with Gasteiger partial charge in [0.1, 0.15) is 23.3 Å². The predicted octanol–water partition coefficient (Wildman–Crippen LogP) is 2.45. The number of nitriles is 1. The first-order chi connectivity index (χ1) is 7.72. The molecule has 1 aliphatic heterocycles. The molecule has 1 aromatic rings. The molecular formula is C12H12FN3. The zero-order valence-corrected chi connectivity index (χ0v) is 9.07. The van der Waals surface area contributed by atoms with E-state index in [4.69, 9.17) is 5.26 Å². The molecule has 0 aliphatic carbocycles. The molecule has 0 radical (unpaired) electrons. The van der Waals surface area contributed by atoms with Crippen molar-refractivity contribution >= 4 is 11.5 Å². The summed E-state index contributed by atoms with van der Waals surface area (Å²) in [7, 11) is 1.96. The minimum atomic E-state index is -0.509. The maximum Gasteiger partial charge on any atom is 0.143 e. The third-order valence-corrected chi connectivity index (χ3v) is 2.69. The third-order valence-electron chi connectivity index (χ3n) is 2.69. The molecule has 82 valence electrons. The highest BCUT2D eigenvalue weighted by atomic mass is 19.1. The van der Waals surface area contributed by atoms with E-state index in [9.17, 15) is 4.39 Å². The Balaban J connectivity index is 2.42. The van der Waals surface area contributed by atoms with Crippen molar-refractivity contribution in [3.8, 4) is 6.07 Å². The van der Waals surface area contributed by atoms with E-state index in [2.05, 4.69) is 4.99 Å². The molecule has 2 rings (SSSR count). The van der Waals surface area contributed by atoms with Gasteiger partial charge in [-0.25, -0.2) is 9.38 Å². The zero-order valence-electron chi connectivity index (χ0n) is 9.07. The van der Waals surface area contributed by atoms with E-state index in [1.807, 2.05) is 18.0 Å². The van der Waals surface area contributed by atoms with Crippen molar-refractivity contribution in [2.45, 2.75) is 12.8 Å². The first kappa shape index (κ1) is 10.6. The molecule has 1 aliphatic rings. The standard InChI is InChI=1S/C12H12FN3/c1-16-7-3-6-12(16)15-11-5-2-4-10(13)9(11)8-14/h2,4-5H,3,6-7H2,1H3. The summed E-state index contributed by atoms with van der Waals surface area (Å²) in [4.78, 5) is 6.38. The van der Waals surface area contributed by atoms with Gasteiger partial charge in [-0.3, -0.25) is 0 Å². The van der Waals surface area contributed by atoms with Crippen LogP contribution in [-0.2, 0) is 0 Å². The zero-order chi connectivity index (χ0) is 11.5. The van der Waals surface area contributed by atoms with Crippen molar-refractivity contribution in [1.82, 2.24) is 4.90 Å². The summed E-state index contributed by atoms with van der Waals surface area (Å²) < 4.78 is 13.3. The number of amidine groups is 1. The van der Waals surface area contributed by atoms with Crippen LogP contribution in [0, 0.1) is 17.1 Å². The molecule has 0 spiro atoms. The predicted molar refractivity (Wildman–Crippen MR) is 60.1 cm³/mol. The molecule has 0 atom stereocenters. The Labute approximate surface area is 93.8 Å². The van der Waals surface area contributed by atoms with E-state index in [-0.39, 0.29) is 5.56 Å². The summed E-state index contributed by atoms with van der Waals surface area (Å²) in [5.74, 6) is 0.409. The SMILES string of the molecule is CN1CCCC1=Nc1cccc(F)c1C#N. The van der Waals surface area contributed by atoms with Crippen LogP contribution in [-0.4, -0.2) is 24.3 Å². The Morgan fingerprint density at radius 2 is 2.31 bits per heavy atom. The highest BCUT2D eigenvalue weighted by Crippen LogP contribution is 2.23. The Kier molecular flexibility index (Phi) is 2.86. The number of likely N-dealkylation sites (tertiary alicyclic amines) is 1. The van der Waals surface area contributed by atoms with Crippen LogP contribution in [0.3, 0.4) is 0 Å². The summed E-state index contributed by atoms with van der Waals surface area (Å²) in [5.41, 5.74) is 0.446. The van der Waals surface area contributed by atoms with Crippen molar-refractivity contribution < 1.29 is 4.39 Å². The lowest BCUT2D eigenvalue weighted by Gasteiger charge is -2.11. The maximum absolute atomic E-state index is 13.3. The monoisotopic (exact) mass is 217 g/mol. The number of halogens is 1. The molecule has 16 heavy (non-hydrogen) atoms. The fraction of sp³-hybridized carbons (Fsp3) is 0.333. The van der Waals surface area contributed by atoms with Gasteiger partial charge in [-0.15, -0.1) is 0 Å². The van der Waals surface area contributed by atoms with Crippen LogP contribution >= 0.6 is 0 Å². The molecule has 4 heteroatoms. The lowest BCUT2D eigenvalue weighted by molar-refractivity contribution is 0.550. The Morgan fingerprint density at radius 3 is 2.94 bits per heavy atom. The van der Waals surface area contributed by atoms with E-state index in [0.717, 1.165) is 25.2 Å². The summed E-state index contributed by atoms with van der Waals surface area (Å²) in [6.07, 6.45) is 1.95. The largest absolute Gasteiger partial charge is 0.363 e. The summed E-state index contributed by atoms with van der Waals surface area (Å²) in [5, 5.41) is 8.87. The highest BCUT2D eigenvalue weighted by Gasteiger charge is 2.15. The van der Waals surface area contributed by atoms with Crippen LogP contribution in [0.25, 0.3) is 0 Å². The van der Waals surface area contributed by atoms with E-state index < -0.39 is 5.82 Å². The average molecular weight is 217 g/mol. The van der Waals surface area contributed by atoms with Crippen LogP contribution in [0.2, 0.25) is 0 Å². The van der Waals surface area contributed by atoms with Crippen molar-refractivity contribution in [3.05, 3.63) is 29.6 Å². The highest BCUT2D eigenvalue weighted by molar-refractivity contribution is 5.86. The number of hydrogen-bond donors (Lipinski definition) is 0. The number of hydrogen-bond acceptors (Lipinski definition) is 2. The second kappa shape index (κ2) is 4.31. The number of rotatable bonds is 1. The van der Waals surface area contributed by atoms with E-state index in [0.29, 0.717) is 5.69 Å². The lowest BCUT2D eigenvalue weighted by atomic mass is 10.2. The topological polar surface area (TPSA) is 39.4 Å². The molecule has 0 saturated carbocycles. The van der Waals surface area contributed by atoms with Crippen LogP contribution < -0.4 is 0 Å². The molecule has 1 saturated heterocycles. The smallest absolute Gasteiger partial charge is 0.143 e. The molecule has 0 amide bonds. The van der Waals surface area contributed by atoms with Gasteiger partial charge in [0.25, 0.3) is 0 Å². The second-order valence-corrected chi connectivity index (χ2v) is 3.80. The second-order valence-electron chi connectivity index (χ2n) is 3.80. The number of benzene rings is 1. The van der Waals surface area contributed by atoms with Gasteiger partial charge in [0, 0.05) is 20.0 Å². The van der Waals surface area contributed by atoms with Gasteiger partial charge in [0.2, 0.25) is 0 Å². The molecule has 1 fully saturated rings. The quantitative estimate of drug-likeness (QED) is 0.724. The average Bonchev–Trinajstić information content (AvgIpc) is 2.65. The van der Waals surface area contributed by atoms with Gasteiger partial charge in [-0.2, -0.15) is 5.26 Å². The van der Waals surface area contributed by atoms with Crippen molar-refractivity contribution in [2.24, 2.45) is 4.99 Å². The van der Waals surface area contributed by atoms with Gasteiger partial charge in [0.05, 0.1) is 5.69 Å². The summed E-state index contributed by atoms with van der Waals surface area (Å²) in [6, 6.07) is 6.37. The van der Waals surface area contributed by atoms with Gasteiger partial charge in [-0.1, -0.05) is 6.07 Å². The normalized spacial score (nSPS) is 17.8. The van der Waals surface area contributed by atoms with Crippen molar-refractivity contribution in [1.29, 1.82) is 5.26 Å². The van der Waals surface area contributed by atoms with E-state index in [1.165, 1.54) is 6.07 Å². The van der Waals surface area contributed by atoms with Gasteiger partial charge < -0.3 is 4.90 Å². The fourth-order valence-electron chi connectivity index (χ4n) is 1.79. The molecule has 0 aromatic heterocycles. The molecule has 1 heterocycles. The minimum Gasteiger partial charge on any atom is -0.363 e. The molecule has 0 N–H and O–H groups in total. The first-order valence-corrected chi connectivity index (χ1v) is 5.19. The van der Waals surface area contributed by atoms with Gasteiger partial charge >= 0.3 is 0 Å².